The van der Waals surface area contributed by atoms with Crippen molar-refractivity contribution in [3.8, 4) is 0 Å². The molecule has 0 spiro atoms. The van der Waals surface area contributed by atoms with Gasteiger partial charge in [-0.25, -0.2) is 4.79 Å². The van der Waals surface area contributed by atoms with E-state index < -0.39 is 5.97 Å². The maximum absolute atomic E-state index is 13.1. The highest BCUT2D eigenvalue weighted by Crippen LogP contribution is 2.40. The maximum atomic E-state index is 13.1. The van der Waals surface area contributed by atoms with Crippen LogP contribution in [0.2, 0.25) is 0 Å². The summed E-state index contributed by atoms with van der Waals surface area (Å²) >= 11 is 0. The lowest BCUT2D eigenvalue weighted by atomic mass is 9.90. The number of methoxy groups -OCH3 is 1. The molecule has 1 heterocycles. The molecule has 6 heteroatoms. The van der Waals surface area contributed by atoms with Gasteiger partial charge in [0.1, 0.15) is 0 Å². The average Bonchev–Trinajstić information content (AvgIpc) is 3.33. The standard InChI is InChI=1S/C19H20N2O4/c1-24-19(23)14-7-2-3-8-16(14)21(13-5-4-6-13)18(22)17-11-15(20-25-17)12-9-10-12/h2-3,7-8,11-13H,4-6,9-10H2,1H3. The van der Waals surface area contributed by atoms with Crippen LogP contribution in [0.1, 0.15) is 64.6 Å². The molecule has 2 aliphatic carbocycles. The summed E-state index contributed by atoms with van der Waals surface area (Å²) in [7, 11) is 1.34. The van der Waals surface area contributed by atoms with Crippen molar-refractivity contribution < 1.29 is 18.8 Å². The predicted molar refractivity (Wildman–Crippen MR) is 90.7 cm³/mol. The van der Waals surface area contributed by atoms with Gasteiger partial charge >= 0.3 is 5.97 Å². The highest BCUT2D eigenvalue weighted by Gasteiger charge is 2.36. The summed E-state index contributed by atoms with van der Waals surface area (Å²) in [5.74, 6) is -0.0531. The van der Waals surface area contributed by atoms with Crippen LogP contribution in [0, 0.1) is 0 Å². The van der Waals surface area contributed by atoms with Gasteiger partial charge in [-0.1, -0.05) is 17.3 Å². The zero-order valence-electron chi connectivity index (χ0n) is 14.1. The molecule has 25 heavy (non-hydrogen) atoms. The Bertz CT molecular complexity index is 805. The highest BCUT2D eigenvalue weighted by atomic mass is 16.5. The predicted octanol–water partition coefficient (Wildman–Crippen LogP) is 3.54. The Kier molecular flexibility index (Phi) is 4.03. The fourth-order valence-corrected chi connectivity index (χ4v) is 3.16. The van der Waals surface area contributed by atoms with E-state index in [0.717, 1.165) is 37.8 Å². The fourth-order valence-electron chi connectivity index (χ4n) is 3.16. The third-order valence-corrected chi connectivity index (χ3v) is 4.96. The van der Waals surface area contributed by atoms with Crippen LogP contribution in [-0.4, -0.2) is 30.2 Å². The van der Waals surface area contributed by atoms with Crippen molar-refractivity contribution in [3.05, 3.63) is 47.3 Å². The number of para-hydroxylation sites is 1. The van der Waals surface area contributed by atoms with Crippen LogP contribution < -0.4 is 4.90 Å². The first-order chi connectivity index (χ1) is 12.2. The number of benzene rings is 1. The maximum Gasteiger partial charge on any atom is 0.339 e. The Morgan fingerprint density at radius 2 is 1.96 bits per heavy atom. The van der Waals surface area contributed by atoms with E-state index in [0.29, 0.717) is 17.2 Å². The largest absolute Gasteiger partial charge is 0.465 e. The summed E-state index contributed by atoms with van der Waals surface area (Å²) in [4.78, 5) is 26.9. The van der Waals surface area contributed by atoms with Gasteiger partial charge in [-0.3, -0.25) is 4.79 Å². The zero-order valence-corrected chi connectivity index (χ0v) is 14.1. The van der Waals surface area contributed by atoms with E-state index in [4.69, 9.17) is 9.26 Å². The summed E-state index contributed by atoms with van der Waals surface area (Å²) in [6.45, 7) is 0. The molecule has 4 rings (SSSR count). The number of carbonyl (C=O) groups excluding carboxylic acids is 2. The summed E-state index contributed by atoms with van der Waals surface area (Å²) in [6.07, 6.45) is 5.07. The molecule has 0 aliphatic heterocycles. The molecular weight excluding hydrogens is 320 g/mol. The molecule has 0 N–H and O–H groups in total. The second-order valence-corrected chi connectivity index (χ2v) is 6.66. The minimum atomic E-state index is -0.455. The molecule has 0 radical (unpaired) electrons. The van der Waals surface area contributed by atoms with Gasteiger partial charge in [0.05, 0.1) is 24.1 Å². The number of aromatic nitrogens is 1. The first kappa shape index (κ1) is 15.9. The van der Waals surface area contributed by atoms with Crippen molar-refractivity contribution >= 4 is 17.6 Å². The third-order valence-electron chi connectivity index (χ3n) is 4.96. The van der Waals surface area contributed by atoms with Gasteiger partial charge in [-0.05, 0) is 44.2 Å². The Morgan fingerprint density at radius 1 is 1.20 bits per heavy atom. The molecule has 1 amide bonds. The van der Waals surface area contributed by atoms with Gasteiger partial charge in [-0.15, -0.1) is 0 Å². The average molecular weight is 340 g/mol. The van der Waals surface area contributed by atoms with E-state index in [-0.39, 0.29) is 17.7 Å². The summed E-state index contributed by atoms with van der Waals surface area (Å²) < 4.78 is 10.2. The fraction of sp³-hybridized carbons (Fsp3) is 0.421. The number of hydrogen-bond acceptors (Lipinski definition) is 5. The Hall–Kier alpha value is -2.63. The number of carbonyl (C=O) groups is 2. The highest BCUT2D eigenvalue weighted by molar-refractivity contribution is 6.08. The van der Waals surface area contributed by atoms with Crippen molar-refractivity contribution in [1.29, 1.82) is 0 Å². The lowest BCUT2D eigenvalue weighted by molar-refractivity contribution is 0.0601. The molecule has 0 bridgehead atoms. The SMILES string of the molecule is COC(=O)c1ccccc1N(C(=O)c1cc(C2CC2)no1)C1CCC1. The molecule has 2 fully saturated rings. The monoisotopic (exact) mass is 340 g/mol. The van der Waals surface area contributed by atoms with Crippen molar-refractivity contribution in [1.82, 2.24) is 5.16 Å². The first-order valence-corrected chi connectivity index (χ1v) is 8.66. The molecule has 1 aromatic heterocycles. The molecule has 0 atom stereocenters. The van der Waals surface area contributed by atoms with E-state index in [2.05, 4.69) is 5.16 Å². The second kappa shape index (κ2) is 6.35. The zero-order chi connectivity index (χ0) is 17.4. The smallest absolute Gasteiger partial charge is 0.339 e. The number of esters is 1. The Labute approximate surface area is 145 Å². The van der Waals surface area contributed by atoms with Gasteiger partial charge in [0.25, 0.3) is 5.91 Å². The summed E-state index contributed by atoms with van der Waals surface area (Å²) in [6, 6.07) is 8.84. The van der Waals surface area contributed by atoms with Gasteiger partial charge in [0, 0.05) is 18.0 Å². The number of ether oxygens (including phenoxy) is 1. The van der Waals surface area contributed by atoms with Crippen LogP contribution in [0.4, 0.5) is 5.69 Å². The van der Waals surface area contributed by atoms with Crippen LogP contribution in [0.5, 0.6) is 0 Å². The van der Waals surface area contributed by atoms with E-state index in [9.17, 15) is 9.59 Å². The Morgan fingerprint density at radius 3 is 2.60 bits per heavy atom. The lowest BCUT2D eigenvalue weighted by Crippen LogP contribution is -2.45. The number of nitrogens with zero attached hydrogens (tertiary/aromatic N) is 2. The molecule has 130 valence electrons. The molecule has 1 aromatic carbocycles. The molecule has 0 saturated heterocycles. The van der Waals surface area contributed by atoms with Crippen LogP contribution in [0.15, 0.2) is 34.9 Å². The van der Waals surface area contributed by atoms with Crippen molar-refractivity contribution in [2.45, 2.75) is 44.1 Å². The lowest BCUT2D eigenvalue weighted by Gasteiger charge is -2.37. The van der Waals surface area contributed by atoms with Gasteiger partial charge in [0.15, 0.2) is 0 Å². The normalized spacial score (nSPS) is 17.0. The van der Waals surface area contributed by atoms with Crippen LogP contribution in [0.3, 0.4) is 0 Å². The number of hydrogen-bond donors (Lipinski definition) is 0. The molecule has 6 nitrogen and oxygen atoms in total. The van der Waals surface area contributed by atoms with Crippen LogP contribution in [0.25, 0.3) is 0 Å². The van der Waals surface area contributed by atoms with E-state index in [1.807, 2.05) is 6.07 Å². The van der Waals surface area contributed by atoms with Gasteiger partial charge in [-0.2, -0.15) is 0 Å². The van der Waals surface area contributed by atoms with E-state index in [1.165, 1.54) is 7.11 Å². The summed E-state index contributed by atoms with van der Waals surface area (Å²) in [5.41, 5.74) is 1.79. The molecular formula is C19H20N2O4. The van der Waals surface area contributed by atoms with E-state index >= 15 is 0 Å². The van der Waals surface area contributed by atoms with E-state index in [1.54, 1.807) is 29.2 Å². The van der Waals surface area contributed by atoms with Crippen molar-refractivity contribution in [2.24, 2.45) is 0 Å². The molecule has 2 aromatic rings. The topological polar surface area (TPSA) is 72.6 Å². The van der Waals surface area contributed by atoms with Gasteiger partial charge in [0.2, 0.25) is 5.76 Å². The molecule has 2 aliphatic rings. The first-order valence-electron chi connectivity index (χ1n) is 8.66. The number of rotatable bonds is 5. The summed E-state index contributed by atoms with van der Waals surface area (Å²) in [5, 5.41) is 4.04. The van der Waals surface area contributed by atoms with Gasteiger partial charge < -0.3 is 14.2 Å². The number of anilines is 1. The van der Waals surface area contributed by atoms with Crippen molar-refractivity contribution in [3.63, 3.8) is 0 Å². The molecule has 2 saturated carbocycles. The minimum absolute atomic E-state index is 0.0628. The van der Waals surface area contributed by atoms with Crippen LogP contribution >= 0.6 is 0 Å². The quantitative estimate of drug-likeness (QED) is 0.779. The van der Waals surface area contributed by atoms with Crippen molar-refractivity contribution in [2.75, 3.05) is 12.0 Å². The number of amides is 1. The second-order valence-electron chi connectivity index (χ2n) is 6.66. The minimum Gasteiger partial charge on any atom is -0.465 e. The Balaban J connectivity index is 1.70. The van der Waals surface area contributed by atoms with Crippen LogP contribution in [-0.2, 0) is 4.74 Å². The third kappa shape index (κ3) is 2.92. The molecule has 0 unspecified atom stereocenters.